The predicted molar refractivity (Wildman–Crippen MR) is 74.9 cm³/mol. The molecule has 0 saturated carbocycles. The smallest absolute Gasteiger partial charge is 0.207 e. The van der Waals surface area contributed by atoms with Crippen LogP contribution in [0.4, 0.5) is 17.6 Å². The van der Waals surface area contributed by atoms with Crippen molar-refractivity contribution in [3.8, 4) is 0 Å². The number of hydrogen-bond acceptors (Lipinski definition) is 2. The molecule has 0 amide bonds. The molecule has 1 aromatic carbocycles. The zero-order valence-electron chi connectivity index (χ0n) is 12.5. The molecule has 0 N–H and O–H groups in total. The Morgan fingerprint density at radius 3 is 2.23 bits per heavy atom. The van der Waals surface area contributed by atoms with Crippen molar-refractivity contribution in [2.24, 2.45) is 0 Å². The van der Waals surface area contributed by atoms with E-state index in [9.17, 15) is 17.6 Å². The van der Waals surface area contributed by atoms with E-state index in [-0.39, 0.29) is 17.4 Å². The minimum atomic E-state index is -4.57. The lowest BCUT2D eigenvalue weighted by Crippen LogP contribution is -2.14. The Morgan fingerprint density at radius 1 is 0.955 bits per heavy atom. The quantitative estimate of drug-likeness (QED) is 0.762. The van der Waals surface area contributed by atoms with E-state index in [2.05, 4.69) is 10.2 Å². The van der Waals surface area contributed by atoms with Crippen molar-refractivity contribution in [1.29, 1.82) is 0 Å². The van der Waals surface area contributed by atoms with Crippen LogP contribution in [0.3, 0.4) is 0 Å². The topological polar surface area (TPSA) is 25.8 Å². The van der Waals surface area contributed by atoms with Crippen molar-refractivity contribution < 1.29 is 17.6 Å². The van der Waals surface area contributed by atoms with Crippen LogP contribution >= 0.6 is 0 Å². The van der Waals surface area contributed by atoms with Crippen LogP contribution in [-0.2, 0) is 18.0 Å². The maximum absolute atomic E-state index is 13.4. The number of rotatable bonds is 2. The molecule has 0 spiro atoms. The highest BCUT2D eigenvalue weighted by molar-refractivity contribution is 5.31. The third kappa shape index (κ3) is 4.02. The highest BCUT2D eigenvalue weighted by Gasteiger charge is 2.31. The van der Waals surface area contributed by atoms with Gasteiger partial charge in [-0.3, -0.25) is 0 Å². The zero-order chi connectivity index (χ0) is 16.5. The Kier molecular flexibility index (Phi) is 4.22. The molecule has 1 heterocycles. The molecule has 6 heteroatoms. The van der Waals surface area contributed by atoms with Crippen molar-refractivity contribution in [2.45, 2.75) is 38.8 Å². The number of halogens is 4. The van der Waals surface area contributed by atoms with Crippen molar-refractivity contribution in [3.63, 3.8) is 0 Å². The first-order valence-corrected chi connectivity index (χ1v) is 6.74. The van der Waals surface area contributed by atoms with Crippen LogP contribution in [0.5, 0.6) is 0 Å². The Balaban J connectivity index is 2.34. The molecule has 0 aliphatic heterocycles. The van der Waals surface area contributed by atoms with Gasteiger partial charge >= 0.3 is 6.18 Å². The second-order valence-corrected chi connectivity index (χ2v) is 6.22. The summed E-state index contributed by atoms with van der Waals surface area (Å²) in [5.74, 6) is -0.900. The molecular weight excluding hydrogens is 296 g/mol. The van der Waals surface area contributed by atoms with Gasteiger partial charge in [0.05, 0.1) is 17.5 Å². The van der Waals surface area contributed by atoms with Crippen molar-refractivity contribution in [1.82, 2.24) is 10.2 Å². The van der Waals surface area contributed by atoms with Gasteiger partial charge in [-0.05, 0) is 41.8 Å². The first kappa shape index (κ1) is 16.4. The van der Waals surface area contributed by atoms with E-state index < -0.39 is 17.6 Å². The highest BCUT2D eigenvalue weighted by atomic mass is 19.4. The lowest BCUT2D eigenvalue weighted by atomic mass is 9.90. The molecule has 1 aromatic heterocycles. The summed E-state index contributed by atoms with van der Waals surface area (Å²) in [5, 5.41) is 7.90. The number of alkyl halides is 3. The molecule has 0 radical (unpaired) electrons. The van der Waals surface area contributed by atoms with Crippen molar-refractivity contribution in [3.05, 3.63) is 58.7 Å². The van der Waals surface area contributed by atoms with Gasteiger partial charge in [0.2, 0.25) is 0 Å². The van der Waals surface area contributed by atoms with E-state index >= 15 is 0 Å². The Labute approximate surface area is 126 Å². The van der Waals surface area contributed by atoms with Crippen LogP contribution in [0.15, 0.2) is 30.5 Å². The van der Waals surface area contributed by atoms with E-state index in [1.54, 1.807) is 6.07 Å². The molecule has 2 rings (SSSR count). The maximum Gasteiger partial charge on any atom is 0.416 e. The SMILES string of the molecule is CC(C)(C)c1cc(Cc2cc(F)cc(C(F)(F)F)c2)cnn1. The number of benzene rings is 1. The number of hydrogen-bond donors (Lipinski definition) is 0. The van der Waals surface area contributed by atoms with Crippen LogP contribution in [0.1, 0.15) is 43.2 Å². The number of aromatic nitrogens is 2. The fourth-order valence-electron chi connectivity index (χ4n) is 2.02. The summed E-state index contributed by atoms with van der Waals surface area (Å²) in [4.78, 5) is 0. The molecule has 0 atom stereocenters. The summed E-state index contributed by atoms with van der Waals surface area (Å²) in [5.41, 5.74) is 0.471. The van der Waals surface area contributed by atoms with Crippen molar-refractivity contribution in [2.75, 3.05) is 0 Å². The zero-order valence-corrected chi connectivity index (χ0v) is 12.5. The van der Waals surface area contributed by atoms with Gasteiger partial charge in [-0.15, -0.1) is 0 Å². The highest BCUT2D eigenvalue weighted by Crippen LogP contribution is 2.31. The summed E-state index contributed by atoms with van der Waals surface area (Å²) in [7, 11) is 0. The molecule has 0 aliphatic carbocycles. The second kappa shape index (κ2) is 5.66. The molecule has 0 bridgehead atoms. The van der Waals surface area contributed by atoms with Crippen LogP contribution in [0.2, 0.25) is 0 Å². The van der Waals surface area contributed by atoms with Gasteiger partial charge in [-0.2, -0.15) is 23.4 Å². The lowest BCUT2D eigenvalue weighted by Gasteiger charge is -2.17. The molecule has 2 nitrogen and oxygen atoms in total. The first-order valence-electron chi connectivity index (χ1n) is 6.74. The molecular formula is C16H16F4N2. The van der Waals surface area contributed by atoms with E-state index in [0.29, 0.717) is 11.6 Å². The standard InChI is InChI=1S/C16H16F4N2/c1-15(2,3)14-7-11(9-21-22-14)4-10-5-12(16(18,19)20)8-13(17)6-10/h5-9H,4H2,1-3H3. The summed E-state index contributed by atoms with van der Waals surface area (Å²) in [6.07, 6.45) is -2.92. The molecule has 0 saturated heterocycles. The van der Waals surface area contributed by atoms with Crippen LogP contribution in [-0.4, -0.2) is 10.2 Å². The average Bonchev–Trinajstić information content (AvgIpc) is 2.36. The Morgan fingerprint density at radius 2 is 1.64 bits per heavy atom. The minimum absolute atomic E-state index is 0.166. The normalized spacial score (nSPS) is 12.5. The first-order chi connectivity index (χ1) is 10.1. The summed E-state index contributed by atoms with van der Waals surface area (Å²) in [6.45, 7) is 5.89. The molecule has 0 unspecified atom stereocenters. The van der Waals surface area contributed by atoms with Gasteiger partial charge < -0.3 is 0 Å². The Bertz CT molecular complexity index is 673. The van der Waals surface area contributed by atoms with Crippen LogP contribution < -0.4 is 0 Å². The van der Waals surface area contributed by atoms with Gasteiger partial charge in [0.25, 0.3) is 0 Å². The van der Waals surface area contributed by atoms with Gasteiger partial charge in [0, 0.05) is 5.41 Å². The fourth-order valence-corrected chi connectivity index (χ4v) is 2.02. The Hall–Kier alpha value is -1.98. The van der Waals surface area contributed by atoms with Crippen molar-refractivity contribution >= 4 is 0 Å². The second-order valence-electron chi connectivity index (χ2n) is 6.22. The van der Waals surface area contributed by atoms with Gasteiger partial charge in [-0.25, -0.2) is 4.39 Å². The number of nitrogens with zero attached hydrogens (tertiary/aromatic N) is 2. The summed E-state index contributed by atoms with van der Waals surface area (Å²) < 4.78 is 51.6. The third-order valence-corrected chi connectivity index (χ3v) is 3.17. The molecule has 2 aromatic rings. The third-order valence-electron chi connectivity index (χ3n) is 3.17. The fraction of sp³-hybridized carbons (Fsp3) is 0.375. The van der Waals surface area contributed by atoms with Crippen LogP contribution in [0.25, 0.3) is 0 Å². The van der Waals surface area contributed by atoms with Crippen LogP contribution in [0, 0.1) is 5.82 Å². The molecule has 118 valence electrons. The van der Waals surface area contributed by atoms with Gasteiger partial charge in [-0.1, -0.05) is 20.8 Å². The maximum atomic E-state index is 13.4. The van der Waals surface area contributed by atoms with E-state index in [1.807, 2.05) is 20.8 Å². The molecule has 0 aliphatic rings. The summed E-state index contributed by atoms with van der Waals surface area (Å²) in [6, 6.07) is 4.34. The lowest BCUT2D eigenvalue weighted by molar-refractivity contribution is -0.137. The summed E-state index contributed by atoms with van der Waals surface area (Å²) >= 11 is 0. The van der Waals surface area contributed by atoms with E-state index in [0.717, 1.165) is 17.8 Å². The predicted octanol–water partition coefficient (Wildman–Crippen LogP) is 4.52. The van der Waals surface area contributed by atoms with Gasteiger partial charge in [0.1, 0.15) is 5.82 Å². The molecule has 22 heavy (non-hydrogen) atoms. The monoisotopic (exact) mass is 312 g/mol. The largest absolute Gasteiger partial charge is 0.416 e. The molecule has 0 fully saturated rings. The average molecular weight is 312 g/mol. The van der Waals surface area contributed by atoms with E-state index in [1.165, 1.54) is 6.20 Å². The van der Waals surface area contributed by atoms with E-state index in [4.69, 9.17) is 0 Å². The minimum Gasteiger partial charge on any atom is -0.207 e. The van der Waals surface area contributed by atoms with Gasteiger partial charge in [0.15, 0.2) is 0 Å².